The molecule has 0 spiro atoms. The van der Waals surface area contributed by atoms with Gasteiger partial charge in [-0.05, 0) is 18.2 Å². The van der Waals surface area contributed by atoms with Gasteiger partial charge >= 0.3 is 6.03 Å². The lowest BCUT2D eigenvalue weighted by molar-refractivity contribution is -0.118. The molecule has 0 unspecified atom stereocenters. The lowest BCUT2D eigenvalue weighted by Crippen LogP contribution is -2.44. The van der Waals surface area contributed by atoms with Crippen LogP contribution < -0.4 is 10.1 Å². The first-order valence-corrected chi connectivity index (χ1v) is 7.12. The van der Waals surface area contributed by atoms with Crippen LogP contribution in [0.1, 0.15) is 0 Å². The summed E-state index contributed by atoms with van der Waals surface area (Å²) in [5.74, 6) is -0.607. The monoisotopic (exact) mass is 323 g/mol. The van der Waals surface area contributed by atoms with Crippen LogP contribution in [0.5, 0.6) is 0 Å². The predicted octanol–water partition coefficient (Wildman–Crippen LogP) is 0.738. The highest BCUT2D eigenvalue weighted by molar-refractivity contribution is 7.89. The third-order valence-electron chi connectivity index (χ3n) is 2.21. The molecule has 102 valence electrons. The van der Waals surface area contributed by atoms with E-state index < -0.39 is 28.5 Å². The molecule has 1 aliphatic rings. The van der Waals surface area contributed by atoms with Crippen molar-refractivity contribution in [1.29, 1.82) is 0 Å². The van der Waals surface area contributed by atoms with Crippen molar-refractivity contribution >= 4 is 45.2 Å². The molecule has 0 atom stereocenters. The van der Waals surface area contributed by atoms with Crippen molar-refractivity contribution in [2.24, 2.45) is 0 Å². The Balaban J connectivity index is 2.30. The molecule has 19 heavy (non-hydrogen) atoms. The van der Waals surface area contributed by atoms with Crippen LogP contribution >= 0.6 is 23.2 Å². The van der Waals surface area contributed by atoms with Crippen LogP contribution in [0.4, 0.5) is 4.79 Å². The Morgan fingerprint density at radius 2 is 1.95 bits per heavy atom. The molecular formula is C9H7Cl2N3O4S. The predicted molar refractivity (Wildman–Crippen MR) is 67.0 cm³/mol. The number of urea groups is 1. The van der Waals surface area contributed by atoms with Crippen LogP contribution in [-0.4, -0.2) is 31.9 Å². The number of benzene rings is 1. The Labute approximate surface area is 118 Å². The number of nitrogens with one attached hydrogen (secondary N) is 2. The van der Waals surface area contributed by atoms with Gasteiger partial charge in [0, 0.05) is 5.02 Å². The number of hydrogen-bond donors (Lipinski definition) is 2. The first-order chi connectivity index (χ1) is 8.79. The van der Waals surface area contributed by atoms with Crippen LogP contribution in [0.2, 0.25) is 10.0 Å². The van der Waals surface area contributed by atoms with Gasteiger partial charge in [-0.15, -0.1) is 4.83 Å². The number of imide groups is 1. The lowest BCUT2D eigenvalue weighted by Gasteiger charge is -2.15. The van der Waals surface area contributed by atoms with E-state index in [0.29, 0.717) is 5.01 Å². The molecule has 0 aromatic heterocycles. The third-order valence-corrected chi connectivity index (χ3v) is 4.26. The first kappa shape index (κ1) is 14.1. The SMILES string of the molecule is O=C1CN(NS(=O)(=O)c2cc(Cl)ccc2Cl)C(=O)N1. The van der Waals surface area contributed by atoms with Gasteiger partial charge in [0.05, 0.1) is 5.02 Å². The Morgan fingerprint density at radius 3 is 2.53 bits per heavy atom. The van der Waals surface area contributed by atoms with Crippen molar-refractivity contribution < 1.29 is 18.0 Å². The molecule has 1 heterocycles. The molecular weight excluding hydrogens is 317 g/mol. The van der Waals surface area contributed by atoms with Gasteiger partial charge in [-0.2, -0.15) is 0 Å². The van der Waals surface area contributed by atoms with E-state index in [1.807, 2.05) is 10.1 Å². The van der Waals surface area contributed by atoms with Gasteiger partial charge in [0.2, 0.25) is 5.91 Å². The maximum Gasteiger partial charge on any atom is 0.339 e. The van der Waals surface area contributed by atoms with Gasteiger partial charge in [-0.1, -0.05) is 23.2 Å². The topological polar surface area (TPSA) is 95.6 Å². The second-order valence-electron chi connectivity index (χ2n) is 3.61. The summed E-state index contributed by atoms with van der Waals surface area (Å²) in [5.41, 5.74) is 0. The summed E-state index contributed by atoms with van der Waals surface area (Å²) in [6.07, 6.45) is 0. The molecule has 0 bridgehead atoms. The number of nitrogens with zero attached hydrogens (tertiary/aromatic N) is 1. The summed E-state index contributed by atoms with van der Waals surface area (Å²) in [6, 6.07) is 3.02. The van der Waals surface area contributed by atoms with Crippen molar-refractivity contribution in [3.63, 3.8) is 0 Å². The second-order valence-corrected chi connectivity index (χ2v) is 6.08. The highest BCUT2D eigenvalue weighted by Gasteiger charge is 2.31. The summed E-state index contributed by atoms with van der Waals surface area (Å²) < 4.78 is 24.1. The molecule has 7 nitrogen and oxygen atoms in total. The van der Waals surface area contributed by atoms with Gasteiger partial charge in [0.25, 0.3) is 10.0 Å². The average molecular weight is 324 g/mol. The molecule has 3 amide bonds. The van der Waals surface area contributed by atoms with Crippen LogP contribution in [0, 0.1) is 0 Å². The molecule has 2 N–H and O–H groups in total. The van der Waals surface area contributed by atoms with E-state index >= 15 is 0 Å². The molecule has 1 aliphatic heterocycles. The minimum absolute atomic E-state index is 0.0529. The zero-order chi connectivity index (χ0) is 14.2. The Morgan fingerprint density at radius 1 is 1.26 bits per heavy atom. The highest BCUT2D eigenvalue weighted by atomic mass is 35.5. The third kappa shape index (κ3) is 2.98. The first-order valence-electron chi connectivity index (χ1n) is 4.88. The van der Waals surface area contributed by atoms with Gasteiger partial charge in [-0.3, -0.25) is 10.1 Å². The quantitative estimate of drug-likeness (QED) is 0.802. The number of carbonyl (C=O) groups excluding carboxylic acids is 2. The minimum atomic E-state index is -4.11. The van der Waals surface area contributed by atoms with Crippen molar-refractivity contribution in [3.8, 4) is 0 Å². The molecule has 2 rings (SSSR count). The fraction of sp³-hybridized carbons (Fsp3) is 0.111. The lowest BCUT2D eigenvalue weighted by atomic mass is 10.4. The summed E-state index contributed by atoms with van der Waals surface area (Å²) in [7, 11) is -4.11. The maximum atomic E-state index is 12.0. The largest absolute Gasteiger partial charge is 0.339 e. The van der Waals surface area contributed by atoms with Crippen LogP contribution in [0.25, 0.3) is 0 Å². The summed E-state index contributed by atoms with van der Waals surface area (Å²) >= 11 is 11.5. The Hall–Kier alpha value is -1.35. The van der Waals surface area contributed by atoms with Gasteiger partial charge < -0.3 is 0 Å². The van der Waals surface area contributed by atoms with E-state index in [1.165, 1.54) is 12.1 Å². The van der Waals surface area contributed by atoms with E-state index in [9.17, 15) is 18.0 Å². The summed E-state index contributed by atoms with van der Waals surface area (Å²) in [6.45, 7) is -0.406. The van der Waals surface area contributed by atoms with Crippen LogP contribution in [0.15, 0.2) is 23.1 Å². The summed E-state index contributed by atoms with van der Waals surface area (Å²) in [4.78, 5) is 23.9. The van der Waals surface area contributed by atoms with Gasteiger partial charge in [-0.25, -0.2) is 18.2 Å². The molecule has 1 aromatic carbocycles. The fourth-order valence-electron chi connectivity index (χ4n) is 1.39. The summed E-state index contributed by atoms with van der Waals surface area (Å²) in [5, 5.41) is 2.68. The number of sulfonamides is 1. The molecule has 10 heteroatoms. The Kier molecular flexibility index (Phi) is 3.68. The molecule has 0 saturated carbocycles. The molecule has 0 radical (unpaired) electrons. The van der Waals surface area contributed by atoms with E-state index in [2.05, 4.69) is 0 Å². The van der Waals surface area contributed by atoms with E-state index in [0.717, 1.165) is 6.07 Å². The van der Waals surface area contributed by atoms with E-state index in [-0.39, 0.29) is 14.9 Å². The standard InChI is InChI=1S/C9H7Cl2N3O4S/c10-5-1-2-6(11)7(3-5)19(17,18)13-14-4-8(15)12-9(14)16/h1-3,13H,4H2,(H,12,15,16). The molecule has 1 aromatic rings. The minimum Gasteiger partial charge on any atom is -0.275 e. The maximum absolute atomic E-state index is 12.0. The van der Waals surface area contributed by atoms with E-state index in [1.54, 1.807) is 0 Å². The van der Waals surface area contributed by atoms with Crippen molar-refractivity contribution in [2.75, 3.05) is 6.54 Å². The van der Waals surface area contributed by atoms with Gasteiger partial charge in [0.15, 0.2) is 0 Å². The van der Waals surface area contributed by atoms with Gasteiger partial charge in [0.1, 0.15) is 11.4 Å². The van der Waals surface area contributed by atoms with E-state index in [4.69, 9.17) is 23.2 Å². The molecule has 1 saturated heterocycles. The zero-order valence-electron chi connectivity index (χ0n) is 9.18. The number of rotatable bonds is 3. The van der Waals surface area contributed by atoms with Crippen molar-refractivity contribution in [3.05, 3.63) is 28.2 Å². The Bertz CT molecular complexity index is 661. The number of hydrazine groups is 1. The van der Waals surface area contributed by atoms with Crippen LogP contribution in [-0.2, 0) is 14.8 Å². The number of carbonyl (C=O) groups is 2. The van der Waals surface area contributed by atoms with Crippen molar-refractivity contribution in [1.82, 2.24) is 15.2 Å². The fourth-order valence-corrected chi connectivity index (χ4v) is 3.19. The number of halogens is 2. The second kappa shape index (κ2) is 4.97. The normalized spacial score (nSPS) is 15.8. The average Bonchev–Trinajstić information content (AvgIpc) is 2.60. The number of hydrogen-bond acceptors (Lipinski definition) is 4. The van der Waals surface area contributed by atoms with Crippen LogP contribution in [0.3, 0.4) is 0 Å². The zero-order valence-corrected chi connectivity index (χ0v) is 11.5. The number of amides is 3. The molecule has 0 aliphatic carbocycles. The molecule has 1 fully saturated rings. The smallest absolute Gasteiger partial charge is 0.275 e. The van der Waals surface area contributed by atoms with Crippen molar-refractivity contribution in [2.45, 2.75) is 4.90 Å². The highest BCUT2D eigenvalue weighted by Crippen LogP contribution is 2.25.